The van der Waals surface area contributed by atoms with Gasteiger partial charge in [0.2, 0.25) is 5.91 Å². The number of carbonyl (C=O) groups excluding carboxylic acids is 1. The molecular formula is C18H25N3O3S. The van der Waals surface area contributed by atoms with Gasteiger partial charge in [0.15, 0.2) is 5.13 Å². The molecule has 6 nitrogen and oxygen atoms in total. The summed E-state index contributed by atoms with van der Waals surface area (Å²) in [5.41, 5.74) is 0.973. The zero-order valence-corrected chi connectivity index (χ0v) is 15.8. The largest absolute Gasteiger partial charge is 0.497 e. The van der Waals surface area contributed by atoms with Gasteiger partial charge in [0.1, 0.15) is 5.75 Å². The Morgan fingerprint density at radius 2 is 2.32 bits per heavy atom. The summed E-state index contributed by atoms with van der Waals surface area (Å²) >= 11 is 1.65. The zero-order valence-electron chi connectivity index (χ0n) is 14.9. The fraction of sp³-hybridized carbons (Fsp3) is 0.556. The van der Waals surface area contributed by atoms with E-state index in [1.165, 1.54) is 0 Å². The third kappa shape index (κ3) is 4.22. The lowest BCUT2D eigenvalue weighted by molar-refractivity contribution is -0.126. The molecule has 0 aliphatic carbocycles. The number of hydrogen-bond donors (Lipinski definition) is 1. The molecule has 1 amide bonds. The summed E-state index contributed by atoms with van der Waals surface area (Å²) in [4.78, 5) is 19.5. The SMILES string of the molecule is COCC(C)NC(=O)C1CCCN(c2nc3ccc(OC)cc3s2)C1. The van der Waals surface area contributed by atoms with E-state index in [1.54, 1.807) is 25.6 Å². The second-order valence-corrected chi connectivity index (χ2v) is 7.49. The fourth-order valence-electron chi connectivity index (χ4n) is 3.17. The molecule has 136 valence electrons. The summed E-state index contributed by atoms with van der Waals surface area (Å²) < 4.78 is 11.5. The molecule has 0 spiro atoms. The normalized spacial score (nSPS) is 19.0. The average Bonchev–Trinajstić information content (AvgIpc) is 3.05. The van der Waals surface area contributed by atoms with Crippen molar-refractivity contribution in [2.45, 2.75) is 25.8 Å². The van der Waals surface area contributed by atoms with Crippen LogP contribution in [0.3, 0.4) is 0 Å². The minimum Gasteiger partial charge on any atom is -0.497 e. The lowest BCUT2D eigenvalue weighted by atomic mass is 9.97. The van der Waals surface area contributed by atoms with E-state index in [1.807, 2.05) is 25.1 Å². The monoisotopic (exact) mass is 363 g/mol. The standard InChI is InChI=1S/C18H25N3O3S/c1-12(11-23-2)19-17(22)13-5-4-8-21(10-13)18-20-15-7-6-14(24-3)9-16(15)25-18/h6-7,9,12-13H,4-5,8,10-11H2,1-3H3,(H,19,22). The third-order valence-electron chi connectivity index (χ3n) is 4.45. The van der Waals surface area contributed by atoms with Crippen molar-refractivity contribution < 1.29 is 14.3 Å². The number of nitrogens with one attached hydrogen (secondary N) is 1. The van der Waals surface area contributed by atoms with Crippen LogP contribution in [0.15, 0.2) is 18.2 Å². The molecule has 1 aliphatic heterocycles. The van der Waals surface area contributed by atoms with E-state index in [0.29, 0.717) is 13.2 Å². The number of piperidine rings is 1. The van der Waals surface area contributed by atoms with Gasteiger partial charge in [-0.3, -0.25) is 4.79 Å². The highest BCUT2D eigenvalue weighted by Crippen LogP contribution is 2.33. The Hall–Kier alpha value is -1.86. The van der Waals surface area contributed by atoms with Crippen LogP contribution in [0.2, 0.25) is 0 Å². The summed E-state index contributed by atoms with van der Waals surface area (Å²) in [7, 11) is 3.31. The molecule has 7 heteroatoms. The maximum absolute atomic E-state index is 12.5. The number of ether oxygens (including phenoxy) is 2. The second kappa shape index (κ2) is 8.01. The molecule has 3 rings (SSSR count). The Balaban J connectivity index is 1.69. The molecule has 25 heavy (non-hydrogen) atoms. The van der Waals surface area contributed by atoms with Crippen molar-refractivity contribution in [1.29, 1.82) is 0 Å². The smallest absolute Gasteiger partial charge is 0.225 e. The number of carbonyl (C=O) groups is 1. The summed E-state index contributed by atoms with van der Waals surface area (Å²) in [6.07, 6.45) is 1.91. The molecule has 1 aliphatic rings. The molecule has 1 saturated heterocycles. The van der Waals surface area contributed by atoms with E-state index >= 15 is 0 Å². The van der Waals surface area contributed by atoms with Gasteiger partial charge >= 0.3 is 0 Å². The van der Waals surface area contributed by atoms with E-state index in [0.717, 1.165) is 40.5 Å². The third-order valence-corrected chi connectivity index (χ3v) is 5.53. The Kier molecular flexibility index (Phi) is 5.75. The Bertz CT molecular complexity index is 733. The highest BCUT2D eigenvalue weighted by Gasteiger charge is 2.28. The van der Waals surface area contributed by atoms with Crippen molar-refractivity contribution in [3.05, 3.63) is 18.2 Å². The number of fused-ring (bicyclic) bond motifs is 1. The Morgan fingerprint density at radius 1 is 1.48 bits per heavy atom. The molecule has 2 aromatic rings. The maximum atomic E-state index is 12.5. The van der Waals surface area contributed by atoms with Gasteiger partial charge in [-0.1, -0.05) is 11.3 Å². The van der Waals surface area contributed by atoms with E-state index < -0.39 is 0 Å². The molecule has 0 radical (unpaired) electrons. The number of anilines is 1. The first-order chi connectivity index (χ1) is 12.1. The van der Waals surface area contributed by atoms with Crippen LogP contribution in [0.25, 0.3) is 10.2 Å². The van der Waals surface area contributed by atoms with Crippen molar-refractivity contribution in [2.24, 2.45) is 5.92 Å². The molecule has 0 bridgehead atoms. The Morgan fingerprint density at radius 3 is 3.08 bits per heavy atom. The molecule has 1 N–H and O–H groups in total. The van der Waals surface area contributed by atoms with Crippen molar-refractivity contribution >= 4 is 32.6 Å². The van der Waals surface area contributed by atoms with Crippen LogP contribution in [-0.4, -0.2) is 50.8 Å². The van der Waals surface area contributed by atoms with Crippen molar-refractivity contribution in [1.82, 2.24) is 10.3 Å². The zero-order chi connectivity index (χ0) is 17.8. The highest BCUT2D eigenvalue weighted by molar-refractivity contribution is 7.22. The summed E-state index contributed by atoms with van der Waals surface area (Å²) in [5, 5.41) is 4.02. The van der Waals surface area contributed by atoms with Gasteiger partial charge in [-0.2, -0.15) is 0 Å². The summed E-state index contributed by atoms with van der Waals surface area (Å²) in [6.45, 7) is 4.14. The van der Waals surface area contributed by atoms with Gasteiger partial charge in [-0.05, 0) is 38.0 Å². The highest BCUT2D eigenvalue weighted by atomic mass is 32.1. The maximum Gasteiger partial charge on any atom is 0.225 e. The number of methoxy groups -OCH3 is 2. The van der Waals surface area contributed by atoms with Gasteiger partial charge in [0.25, 0.3) is 0 Å². The lowest BCUT2D eigenvalue weighted by Gasteiger charge is -2.32. The molecule has 2 unspecified atom stereocenters. The number of hydrogen-bond acceptors (Lipinski definition) is 6. The summed E-state index contributed by atoms with van der Waals surface area (Å²) in [5.74, 6) is 0.942. The topological polar surface area (TPSA) is 63.7 Å². The van der Waals surface area contributed by atoms with Crippen LogP contribution in [-0.2, 0) is 9.53 Å². The minimum absolute atomic E-state index is 0.00500. The van der Waals surface area contributed by atoms with E-state index in [4.69, 9.17) is 14.5 Å². The predicted molar refractivity (Wildman–Crippen MR) is 101 cm³/mol. The molecule has 2 atom stereocenters. The van der Waals surface area contributed by atoms with Crippen LogP contribution in [0, 0.1) is 5.92 Å². The number of nitrogens with zero attached hydrogens (tertiary/aromatic N) is 2. The minimum atomic E-state index is -0.00500. The predicted octanol–water partition coefficient (Wildman–Crippen LogP) is 2.67. The van der Waals surface area contributed by atoms with E-state index in [9.17, 15) is 4.79 Å². The molecular weight excluding hydrogens is 338 g/mol. The van der Waals surface area contributed by atoms with E-state index in [-0.39, 0.29) is 17.9 Å². The summed E-state index contributed by atoms with van der Waals surface area (Å²) in [6, 6.07) is 5.95. The van der Waals surface area contributed by atoms with Gasteiger partial charge in [-0.15, -0.1) is 0 Å². The van der Waals surface area contributed by atoms with Crippen molar-refractivity contribution in [3.63, 3.8) is 0 Å². The average molecular weight is 363 g/mol. The van der Waals surface area contributed by atoms with Crippen LogP contribution in [0.5, 0.6) is 5.75 Å². The number of benzene rings is 1. The molecule has 2 heterocycles. The number of aromatic nitrogens is 1. The molecule has 1 aromatic carbocycles. The Labute approximate surface area is 152 Å². The second-order valence-electron chi connectivity index (χ2n) is 6.48. The van der Waals surface area contributed by atoms with Gasteiger partial charge in [0, 0.05) is 26.2 Å². The first-order valence-electron chi connectivity index (χ1n) is 8.59. The molecule has 1 fully saturated rings. The first-order valence-corrected chi connectivity index (χ1v) is 9.41. The van der Waals surface area contributed by atoms with Gasteiger partial charge in [-0.25, -0.2) is 4.98 Å². The van der Waals surface area contributed by atoms with Gasteiger partial charge < -0.3 is 19.7 Å². The number of amides is 1. The molecule has 0 saturated carbocycles. The van der Waals surface area contributed by atoms with Crippen molar-refractivity contribution in [2.75, 3.05) is 38.8 Å². The van der Waals surface area contributed by atoms with E-state index in [2.05, 4.69) is 10.2 Å². The van der Waals surface area contributed by atoms with Crippen LogP contribution >= 0.6 is 11.3 Å². The quantitative estimate of drug-likeness (QED) is 0.855. The van der Waals surface area contributed by atoms with Gasteiger partial charge in [0.05, 0.1) is 29.9 Å². The van der Waals surface area contributed by atoms with Crippen LogP contribution in [0.4, 0.5) is 5.13 Å². The van der Waals surface area contributed by atoms with Crippen molar-refractivity contribution in [3.8, 4) is 5.75 Å². The van der Waals surface area contributed by atoms with Crippen LogP contribution in [0.1, 0.15) is 19.8 Å². The molecule has 1 aromatic heterocycles. The lowest BCUT2D eigenvalue weighted by Crippen LogP contribution is -2.46. The van der Waals surface area contributed by atoms with Crippen LogP contribution < -0.4 is 15.0 Å². The number of rotatable bonds is 6. The first kappa shape index (κ1) is 17.9. The fourth-order valence-corrected chi connectivity index (χ4v) is 4.20. The number of thiazole rings is 1.